The SMILES string of the molecule is ClCC1COC2(CCNCC2)O1. The van der Waals surface area contributed by atoms with Gasteiger partial charge in [0.2, 0.25) is 0 Å². The average Bonchev–Trinajstić information content (AvgIpc) is 2.50. The number of hydrogen-bond donors (Lipinski definition) is 1. The van der Waals surface area contributed by atoms with Crippen molar-refractivity contribution in [1.29, 1.82) is 0 Å². The van der Waals surface area contributed by atoms with E-state index in [0.717, 1.165) is 25.9 Å². The van der Waals surface area contributed by atoms with Crippen molar-refractivity contribution in [3.05, 3.63) is 0 Å². The van der Waals surface area contributed by atoms with Crippen molar-refractivity contribution in [2.75, 3.05) is 25.6 Å². The van der Waals surface area contributed by atoms with Crippen LogP contribution in [0.2, 0.25) is 0 Å². The minimum atomic E-state index is -0.301. The molecule has 1 spiro atoms. The van der Waals surface area contributed by atoms with Gasteiger partial charge in [0.25, 0.3) is 0 Å². The molecule has 0 aliphatic carbocycles. The van der Waals surface area contributed by atoms with E-state index in [2.05, 4.69) is 5.32 Å². The Labute approximate surface area is 77.4 Å². The van der Waals surface area contributed by atoms with Crippen LogP contribution < -0.4 is 5.32 Å². The standard InChI is InChI=1S/C8H14ClNO2/c9-5-7-6-11-8(12-7)1-3-10-4-2-8/h7,10H,1-6H2. The fraction of sp³-hybridized carbons (Fsp3) is 1.00. The Kier molecular flexibility index (Phi) is 2.55. The smallest absolute Gasteiger partial charge is 0.171 e. The largest absolute Gasteiger partial charge is 0.347 e. The molecule has 2 heterocycles. The third-order valence-corrected chi connectivity index (χ3v) is 2.80. The lowest BCUT2D eigenvalue weighted by Crippen LogP contribution is -2.43. The van der Waals surface area contributed by atoms with Crippen LogP contribution >= 0.6 is 11.6 Å². The second-order valence-electron chi connectivity index (χ2n) is 3.37. The summed E-state index contributed by atoms with van der Waals surface area (Å²) in [5.74, 6) is 0.236. The van der Waals surface area contributed by atoms with Crippen molar-refractivity contribution in [2.45, 2.75) is 24.7 Å². The normalized spacial score (nSPS) is 34.2. The lowest BCUT2D eigenvalue weighted by molar-refractivity contribution is -0.181. The first-order valence-electron chi connectivity index (χ1n) is 4.43. The molecular weight excluding hydrogens is 178 g/mol. The van der Waals surface area contributed by atoms with Gasteiger partial charge in [0, 0.05) is 25.9 Å². The molecule has 0 radical (unpaired) electrons. The molecular formula is C8H14ClNO2. The maximum atomic E-state index is 5.74. The molecule has 2 rings (SSSR count). The van der Waals surface area contributed by atoms with E-state index in [9.17, 15) is 0 Å². The Bertz CT molecular complexity index is 159. The maximum Gasteiger partial charge on any atom is 0.171 e. The summed E-state index contributed by atoms with van der Waals surface area (Å²) < 4.78 is 11.4. The first-order chi connectivity index (χ1) is 5.85. The van der Waals surface area contributed by atoms with E-state index >= 15 is 0 Å². The summed E-state index contributed by atoms with van der Waals surface area (Å²) in [5, 5.41) is 3.28. The monoisotopic (exact) mass is 191 g/mol. The summed E-state index contributed by atoms with van der Waals surface area (Å²) in [4.78, 5) is 0. The van der Waals surface area contributed by atoms with Gasteiger partial charge in [0.05, 0.1) is 18.6 Å². The van der Waals surface area contributed by atoms with Crippen LogP contribution in [0, 0.1) is 0 Å². The van der Waals surface area contributed by atoms with Crippen molar-refractivity contribution in [1.82, 2.24) is 5.32 Å². The lowest BCUT2D eigenvalue weighted by atomic mass is 10.1. The quantitative estimate of drug-likeness (QED) is 0.620. The fourth-order valence-corrected chi connectivity index (χ4v) is 1.91. The number of piperidine rings is 1. The molecule has 0 aromatic carbocycles. The highest BCUT2D eigenvalue weighted by molar-refractivity contribution is 6.18. The highest BCUT2D eigenvalue weighted by Gasteiger charge is 2.41. The Balaban J connectivity index is 1.94. The Morgan fingerprint density at radius 2 is 2.17 bits per heavy atom. The van der Waals surface area contributed by atoms with Gasteiger partial charge in [0.1, 0.15) is 0 Å². The van der Waals surface area contributed by atoms with Crippen molar-refractivity contribution in [2.24, 2.45) is 0 Å². The van der Waals surface area contributed by atoms with Crippen LogP contribution in [0.1, 0.15) is 12.8 Å². The summed E-state index contributed by atoms with van der Waals surface area (Å²) in [6.45, 7) is 2.62. The predicted molar refractivity (Wildman–Crippen MR) is 46.4 cm³/mol. The van der Waals surface area contributed by atoms with Crippen LogP contribution in [0.4, 0.5) is 0 Å². The molecule has 1 atom stereocenters. The Morgan fingerprint density at radius 3 is 2.75 bits per heavy atom. The molecule has 70 valence electrons. The van der Waals surface area contributed by atoms with Gasteiger partial charge in [-0.25, -0.2) is 0 Å². The molecule has 0 saturated carbocycles. The lowest BCUT2D eigenvalue weighted by Gasteiger charge is -2.32. The van der Waals surface area contributed by atoms with Gasteiger partial charge in [-0.05, 0) is 0 Å². The summed E-state index contributed by atoms with van der Waals surface area (Å²) >= 11 is 5.69. The zero-order chi connectivity index (χ0) is 8.44. The molecule has 12 heavy (non-hydrogen) atoms. The molecule has 0 bridgehead atoms. The van der Waals surface area contributed by atoms with Gasteiger partial charge in [-0.3, -0.25) is 0 Å². The molecule has 2 aliphatic heterocycles. The van der Waals surface area contributed by atoms with Crippen LogP contribution in [0.5, 0.6) is 0 Å². The second-order valence-corrected chi connectivity index (χ2v) is 3.67. The van der Waals surface area contributed by atoms with Gasteiger partial charge in [-0.1, -0.05) is 0 Å². The van der Waals surface area contributed by atoms with Crippen LogP contribution in [0.25, 0.3) is 0 Å². The summed E-state index contributed by atoms with van der Waals surface area (Å²) in [6, 6.07) is 0. The number of rotatable bonds is 1. The first kappa shape index (κ1) is 8.75. The van der Waals surface area contributed by atoms with Crippen LogP contribution in [-0.2, 0) is 9.47 Å². The zero-order valence-electron chi connectivity index (χ0n) is 7.01. The van der Waals surface area contributed by atoms with Crippen molar-refractivity contribution < 1.29 is 9.47 Å². The average molecular weight is 192 g/mol. The van der Waals surface area contributed by atoms with Crippen molar-refractivity contribution >= 4 is 11.6 Å². The van der Waals surface area contributed by atoms with Crippen molar-refractivity contribution in [3.63, 3.8) is 0 Å². The van der Waals surface area contributed by atoms with Gasteiger partial charge < -0.3 is 14.8 Å². The van der Waals surface area contributed by atoms with Crippen LogP contribution in [0.15, 0.2) is 0 Å². The fourth-order valence-electron chi connectivity index (χ4n) is 1.76. The number of ether oxygens (including phenoxy) is 2. The van der Waals surface area contributed by atoms with E-state index in [-0.39, 0.29) is 11.9 Å². The number of alkyl halides is 1. The predicted octanol–water partition coefficient (Wildman–Crippen LogP) is 0.720. The maximum absolute atomic E-state index is 5.74. The molecule has 2 fully saturated rings. The van der Waals surface area contributed by atoms with E-state index in [1.807, 2.05) is 0 Å². The zero-order valence-corrected chi connectivity index (χ0v) is 7.77. The second kappa shape index (κ2) is 3.50. The summed E-state index contributed by atoms with van der Waals surface area (Å²) in [6.07, 6.45) is 1.99. The number of halogens is 1. The van der Waals surface area contributed by atoms with Crippen LogP contribution in [0.3, 0.4) is 0 Å². The topological polar surface area (TPSA) is 30.5 Å². The molecule has 1 unspecified atom stereocenters. The van der Waals surface area contributed by atoms with E-state index in [4.69, 9.17) is 21.1 Å². The third-order valence-electron chi connectivity index (χ3n) is 2.45. The van der Waals surface area contributed by atoms with Gasteiger partial charge in [0.15, 0.2) is 5.79 Å². The van der Waals surface area contributed by atoms with Crippen LogP contribution in [-0.4, -0.2) is 37.5 Å². The summed E-state index contributed by atoms with van der Waals surface area (Å²) in [5.41, 5.74) is 0. The minimum absolute atomic E-state index is 0.102. The minimum Gasteiger partial charge on any atom is -0.347 e. The number of nitrogens with one attached hydrogen (secondary N) is 1. The highest BCUT2D eigenvalue weighted by Crippen LogP contribution is 2.32. The molecule has 3 nitrogen and oxygen atoms in total. The third kappa shape index (κ3) is 1.59. The molecule has 4 heteroatoms. The van der Waals surface area contributed by atoms with Gasteiger partial charge in [-0.2, -0.15) is 0 Å². The first-order valence-corrected chi connectivity index (χ1v) is 4.97. The summed E-state index contributed by atoms with van der Waals surface area (Å²) in [7, 11) is 0. The van der Waals surface area contributed by atoms with E-state index < -0.39 is 0 Å². The van der Waals surface area contributed by atoms with E-state index in [1.165, 1.54) is 0 Å². The van der Waals surface area contributed by atoms with Gasteiger partial charge in [-0.15, -0.1) is 11.6 Å². The molecule has 0 aromatic heterocycles. The van der Waals surface area contributed by atoms with E-state index in [1.54, 1.807) is 0 Å². The Morgan fingerprint density at radius 1 is 1.42 bits per heavy atom. The molecule has 0 aromatic rings. The van der Waals surface area contributed by atoms with Gasteiger partial charge >= 0.3 is 0 Å². The molecule has 2 aliphatic rings. The van der Waals surface area contributed by atoms with Crippen molar-refractivity contribution in [3.8, 4) is 0 Å². The highest BCUT2D eigenvalue weighted by atomic mass is 35.5. The molecule has 1 N–H and O–H groups in total. The Hall–Kier alpha value is 0.170. The molecule has 2 saturated heterocycles. The molecule has 0 amide bonds. The van der Waals surface area contributed by atoms with E-state index in [0.29, 0.717) is 12.5 Å². The number of hydrogen-bond acceptors (Lipinski definition) is 3.